The van der Waals surface area contributed by atoms with Gasteiger partial charge in [-0.25, -0.2) is 19.2 Å². The summed E-state index contributed by atoms with van der Waals surface area (Å²) in [6.45, 7) is 0.161. The van der Waals surface area contributed by atoms with Crippen molar-refractivity contribution in [1.82, 2.24) is 9.80 Å². The number of nitrogens with zero attached hydrogens (tertiary/aromatic N) is 2. The highest BCUT2D eigenvalue weighted by molar-refractivity contribution is 6.04. The number of benzene rings is 2. The van der Waals surface area contributed by atoms with Crippen molar-refractivity contribution in [3.8, 4) is 0 Å². The molecule has 0 radical (unpaired) electrons. The van der Waals surface area contributed by atoms with Gasteiger partial charge in [-0.2, -0.15) is 0 Å². The van der Waals surface area contributed by atoms with E-state index in [1.54, 1.807) is 60.7 Å². The van der Waals surface area contributed by atoms with Crippen molar-refractivity contribution in [1.29, 1.82) is 0 Å². The van der Waals surface area contributed by atoms with Gasteiger partial charge in [-0.05, 0) is 11.1 Å². The van der Waals surface area contributed by atoms with Gasteiger partial charge in [-0.1, -0.05) is 60.7 Å². The highest BCUT2D eigenvalue weighted by atomic mass is 16.5. The zero-order valence-electron chi connectivity index (χ0n) is 25.6. The molecule has 0 aliphatic carbocycles. The highest BCUT2D eigenvalue weighted by Crippen LogP contribution is 2.25. The third-order valence-electron chi connectivity index (χ3n) is 7.87. The van der Waals surface area contributed by atoms with Crippen LogP contribution in [-0.4, -0.2) is 144 Å². The van der Waals surface area contributed by atoms with Gasteiger partial charge in [0.2, 0.25) is 11.1 Å². The van der Waals surface area contributed by atoms with Crippen molar-refractivity contribution in [2.24, 2.45) is 0 Å². The molecule has 1 aliphatic heterocycles. The summed E-state index contributed by atoms with van der Waals surface area (Å²) in [7, 11) is 0. The summed E-state index contributed by atoms with van der Waals surface area (Å²) < 4.78 is 22.6. The molecule has 14 heteroatoms. The SMILES string of the molecule is O=C(O)C(Cc1ccccc1)(C(=O)O)N1CCOCCOCCN(C(Cc2ccccc2)(C(=O)O)C(=O)O)CCOCCOCC1. The molecule has 0 bridgehead atoms. The predicted molar refractivity (Wildman–Crippen MR) is 163 cm³/mol. The van der Waals surface area contributed by atoms with E-state index in [2.05, 4.69) is 0 Å². The van der Waals surface area contributed by atoms with Crippen LogP contribution in [0.1, 0.15) is 11.1 Å². The Morgan fingerprint density at radius 3 is 0.978 bits per heavy atom. The van der Waals surface area contributed by atoms with Crippen molar-refractivity contribution in [3.05, 3.63) is 71.8 Å². The zero-order valence-corrected chi connectivity index (χ0v) is 25.6. The maximum Gasteiger partial charge on any atom is 0.336 e. The molecule has 46 heavy (non-hydrogen) atoms. The summed E-state index contributed by atoms with van der Waals surface area (Å²) in [6.07, 6.45) is -0.556. The number of hydrogen-bond donors (Lipinski definition) is 4. The molecule has 1 heterocycles. The third-order valence-corrected chi connectivity index (χ3v) is 7.87. The summed E-state index contributed by atoms with van der Waals surface area (Å²) >= 11 is 0. The van der Waals surface area contributed by atoms with Gasteiger partial charge in [-0.15, -0.1) is 0 Å². The minimum atomic E-state index is -2.27. The van der Waals surface area contributed by atoms with Gasteiger partial charge in [0.1, 0.15) is 0 Å². The number of rotatable bonds is 10. The topological polar surface area (TPSA) is 193 Å². The fraction of sp³-hybridized carbons (Fsp3) is 0.500. The van der Waals surface area contributed by atoms with Crippen LogP contribution in [0.4, 0.5) is 0 Å². The number of hydrogen-bond acceptors (Lipinski definition) is 10. The van der Waals surface area contributed by atoms with Gasteiger partial charge >= 0.3 is 23.9 Å². The van der Waals surface area contributed by atoms with E-state index in [4.69, 9.17) is 18.9 Å². The van der Waals surface area contributed by atoms with Gasteiger partial charge in [0.15, 0.2) is 0 Å². The van der Waals surface area contributed by atoms with Gasteiger partial charge in [0.25, 0.3) is 0 Å². The lowest BCUT2D eigenvalue weighted by atomic mass is 9.88. The molecule has 2 aromatic carbocycles. The first-order valence-corrected chi connectivity index (χ1v) is 15.0. The average molecular weight is 647 g/mol. The van der Waals surface area contributed by atoms with Crippen LogP contribution in [0.2, 0.25) is 0 Å². The fourth-order valence-corrected chi connectivity index (χ4v) is 5.36. The number of carboxylic acids is 4. The lowest BCUT2D eigenvalue weighted by Crippen LogP contribution is -2.63. The van der Waals surface area contributed by atoms with Crippen LogP contribution >= 0.6 is 0 Å². The Kier molecular flexibility index (Phi) is 14.5. The fourth-order valence-electron chi connectivity index (χ4n) is 5.36. The van der Waals surface area contributed by atoms with Crippen LogP contribution in [0.25, 0.3) is 0 Å². The van der Waals surface area contributed by atoms with E-state index in [0.717, 1.165) is 0 Å². The Bertz CT molecular complexity index is 1110. The van der Waals surface area contributed by atoms with Gasteiger partial charge in [-0.3, -0.25) is 9.80 Å². The number of ether oxygens (including phenoxy) is 4. The molecule has 0 amide bonds. The summed E-state index contributed by atoms with van der Waals surface area (Å²) in [5.74, 6) is -6.02. The van der Waals surface area contributed by atoms with E-state index in [0.29, 0.717) is 11.1 Å². The minimum absolute atomic E-state index is 0.00604. The average Bonchev–Trinajstić information content (AvgIpc) is 3.03. The first-order valence-electron chi connectivity index (χ1n) is 15.0. The summed E-state index contributed by atoms with van der Waals surface area (Å²) in [5, 5.41) is 40.9. The molecule has 0 unspecified atom stereocenters. The Balaban J connectivity index is 1.72. The molecular formula is C32H42N2O12. The Morgan fingerprint density at radius 1 is 0.478 bits per heavy atom. The second-order valence-corrected chi connectivity index (χ2v) is 10.7. The monoisotopic (exact) mass is 646 g/mol. The van der Waals surface area contributed by atoms with Gasteiger partial charge in [0, 0.05) is 39.0 Å². The maximum atomic E-state index is 12.6. The van der Waals surface area contributed by atoms with Crippen LogP contribution in [0.15, 0.2) is 60.7 Å². The second kappa shape index (κ2) is 18.3. The number of carbonyl (C=O) groups is 4. The highest BCUT2D eigenvalue weighted by Gasteiger charge is 2.52. The van der Waals surface area contributed by atoms with Crippen molar-refractivity contribution >= 4 is 23.9 Å². The van der Waals surface area contributed by atoms with Gasteiger partial charge in [0.05, 0.1) is 52.9 Å². The van der Waals surface area contributed by atoms with E-state index in [-0.39, 0.29) is 91.9 Å². The standard InChI is InChI=1S/C32H42N2O12/c35-27(36)31(28(37)38,23-25-7-3-1-4-8-25)33-11-15-43-19-21-45-17-13-34(14-18-46-22-20-44-16-12-33)32(29(39)40,30(41)42)24-26-9-5-2-6-10-26/h1-10H,11-24H2,(H,35,36)(H,37,38)(H,39,40)(H,41,42). The Labute approximate surface area is 267 Å². The molecule has 4 N–H and O–H groups in total. The molecule has 0 spiro atoms. The molecule has 0 aromatic heterocycles. The lowest BCUT2D eigenvalue weighted by Gasteiger charge is -2.37. The van der Waals surface area contributed by atoms with E-state index in [1.807, 2.05) is 0 Å². The van der Waals surface area contributed by atoms with E-state index < -0.39 is 35.0 Å². The van der Waals surface area contributed by atoms with Crippen LogP contribution in [0.5, 0.6) is 0 Å². The lowest BCUT2D eigenvalue weighted by molar-refractivity contribution is -0.171. The molecule has 14 nitrogen and oxygen atoms in total. The molecule has 0 atom stereocenters. The number of aliphatic carboxylic acids is 4. The molecule has 1 fully saturated rings. The molecule has 252 valence electrons. The van der Waals surface area contributed by atoms with Crippen molar-refractivity contribution in [2.75, 3.05) is 79.0 Å². The predicted octanol–water partition coefficient (Wildman–Crippen LogP) is 0.972. The Morgan fingerprint density at radius 2 is 0.739 bits per heavy atom. The van der Waals surface area contributed by atoms with Crippen LogP contribution in [0.3, 0.4) is 0 Å². The molecule has 0 saturated carbocycles. The first-order chi connectivity index (χ1) is 22.1. The van der Waals surface area contributed by atoms with Crippen LogP contribution in [0, 0.1) is 0 Å². The summed E-state index contributed by atoms with van der Waals surface area (Å²) in [4.78, 5) is 52.9. The molecule has 2 aromatic rings. The molecule has 1 aliphatic rings. The van der Waals surface area contributed by atoms with E-state index >= 15 is 0 Å². The van der Waals surface area contributed by atoms with Gasteiger partial charge < -0.3 is 39.4 Å². The molecule has 3 rings (SSSR count). The van der Waals surface area contributed by atoms with Crippen LogP contribution < -0.4 is 0 Å². The Hall–Kier alpha value is -3.92. The van der Waals surface area contributed by atoms with Crippen molar-refractivity contribution in [3.63, 3.8) is 0 Å². The van der Waals surface area contributed by atoms with Crippen LogP contribution in [-0.2, 0) is 51.0 Å². The quantitative estimate of drug-likeness (QED) is 0.267. The smallest absolute Gasteiger partial charge is 0.336 e. The van der Waals surface area contributed by atoms with Crippen molar-refractivity contribution in [2.45, 2.75) is 23.9 Å². The van der Waals surface area contributed by atoms with Crippen molar-refractivity contribution < 1.29 is 58.6 Å². The normalized spacial score (nSPS) is 17.7. The van der Waals surface area contributed by atoms with E-state index in [9.17, 15) is 39.6 Å². The molecule has 1 saturated heterocycles. The number of carboxylic acid groups (broad SMARTS) is 4. The largest absolute Gasteiger partial charge is 0.479 e. The second-order valence-electron chi connectivity index (χ2n) is 10.7. The first kappa shape index (κ1) is 36.5. The maximum absolute atomic E-state index is 12.6. The summed E-state index contributed by atoms with van der Waals surface area (Å²) in [5.41, 5.74) is -3.45. The summed E-state index contributed by atoms with van der Waals surface area (Å²) in [6, 6.07) is 17.0. The third kappa shape index (κ3) is 9.55. The zero-order chi connectivity index (χ0) is 33.4. The van der Waals surface area contributed by atoms with E-state index in [1.165, 1.54) is 9.80 Å². The minimum Gasteiger partial charge on any atom is -0.479 e. The molecular weight excluding hydrogens is 604 g/mol.